The van der Waals surface area contributed by atoms with E-state index in [1.165, 1.54) is 39.6 Å². The van der Waals surface area contributed by atoms with E-state index in [1.807, 2.05) is 57.2 Å². The molecule has 0 aliphatic heterocycles. The number of nitrogens with zero attached hydrogens (tertiary/aromatic N) is 1. The quantitative estimate of drug-likeness (QED) is 0.180. The predicted molar refractivity (Wildman–Crippen MR) is 207 cm³/mol. The fourth-order valence-corrected chi connectivity index (χ4v) is 8.57. The van der Waals surface area contributed by atoms with Crippen molar-refractivity contribution >= 4 is 11.4 Å². The summed E-state index contributed by atoms with van der Waals surface area (Å²) in [5, 5.41) is 0. The molecule has 1 nitrogen and oxygen atoms in total. The first-order chi connectivity index (χ1) is 26.0. The molecule has 0 saturated heterocycles. The molecule has 3 heteroatoms. The summed E-state index contributed by atoms with van der Waals surface area (Å²) in [4.78, 5) is 1.47. The van der Waals surface area contributed by atoms with Crippen molar-refractivity contribution in [1.82, 2.24) is 0 Å². The summed E-state index contributed by atoms with van der Waals surface area (Å²) in [7, 11) is 0. The van der Waals surface area contributed by atoms with Gasteiger partial charge >= 0.3 is 0 Å². The third-order valence-corrected chi connectivity index (χ3v) is 10.5. The monoisotopic (exact) mass is 668 g/mol. The molecule has 0 unspecified atom stereocenters. The molecular formula is C48H37F2N. The van der Waals surface area contributed by atoms with Gasteiger partial charge in [0.2, 0.25) is 0 Å². The van der Waals surface area contributed by atoms with Gasteiger partial charge in [0.25, 0.3) is 0 Å². The highest BCUT2D eigenvalue weighted by molar-refractivity contribution is 6.00. The number of hydrogen-bond acceptors (Lipinski definition) is 1. The van der Waals surface area contributed by atoms with E-state index < -0.39 is 34.7 Å². The topological polar surface area (TPSA) is 3.24 Å². The zero-order valence-electron chi connectivity index (χ0n) is 31.9. The Hall–Kier alpha value is -5.80. The van der Waals surface area contributed by atoms with Crippen LogP contribution in [0.3, 0.4) is 0 Å². The minimum Gasteiger partial charge on any atom is -0.331 e. The first-order valence-corrected chi connectivity index (χ1v) is 17.3. The molecule has 51 heavy (non-hydrogen) atoms. The lowest BCUT2D eigenvalue weighted by atomic mass is 9.70. The van der Waals surface area contributed by atoms with Crippen LogP contribution in [0.25, 0.3) is 44.5 Å². The summed E-state index contributed by atoms with van der Waals surface area (Å²) < 4.78 is 59.9. The number of hydrogen-bond donors (Lipinski definition) is 0. The van der Waals surface area contributed by atoms with Crippen molar-refractivity contribution in [3.05, 3.63) is 191 Å². The molecular weight excluding hydrogens is 629 g/mol. The first kappa shape index (κ1) is 28.0. The lowest BCUT2D eigenvalue weighted by molar-refractivity contribution is 0.527. The summed E-state index contributed by atoms with van der Waals surface area (Å²) in [5.41, 5.74) is 10.2. The van der Waals surface area contributed by atoms with Crippen LogP contribution in [0.5, 0.6) is 0 Å². The van der Waals surface area contributed by atoms with Crippen molar-refractivity contribution in [3.8, 4) is 44.5 Å². The van der Waals surface area contributed by atoms with E-state index in [-0.39, 0.29) is 23.0 Å². The molecule has 7 aromatic rings. The summed E-state index contributed by atoms with van der Waals surface area (Å²) in [6.07, 6.45) is 0. The molecule has 1 spiro atoms. The third kappa shape index (κ3) is 4.50. The van der Waals surface area contributed by atoms with Gasteiger partial charge in [0.05, 0.1) is 20.9 Å². The highest BCUT2D eigenvalue weighted by Crippen LogP contribution is 2.64. The van der Waals surface area contributed by atoms with Crippen molar-refractivity contribution in [1.29, 1.82) is 0 Å². The van der Waals surface area contributed by atoms with Gasteiger partial charge < -0.3 is 4.90 Å². The average molecular weight is 669 g/mol. The lowest BCUT2D eigenvalue weighted by Gasteiger charge is -2.39. The van der Waals surface area contributed by atoms with Crippen LogP contribution in [0.15, 0.2) is 152 Å². The van der Waals surface area contributed by atoms with E-state index in [0.29, 0.717) is 11.1 Å². The molecule has 7 aromatic carbocycles. The molecule has 0 amide bonds. The Kier molecular flexibility index (Phi) is 6.23. The van der Waals surface area contributed by atoms with Gasteiger partial charge in [0, 0.05) is 11.1 Å². The third-order valence-electron chi connectivity index (χ3n) is 10.5. The number of anilines is 2. The Balaban J connectivity index is 1.38. The molecule has 2 aliphatic carbocycles. The van der Waals surface area contributed by atoms with Gasteiger partial charge in [-0.1, -0.05) is 127 Å². The van der Waals surface area contributed by atoms with Crippen molar-refractivity contribution in [2.75, 3.05) is 4.90 Å². The SMILES string of the molecule is [2H]c1c([2H])c(N(c2cc(-c3cccc4c3-c3ccccc3C43c4ccccc4-c4ccccc43)cc(-c3ccccc3)c2F)C(C)(C)C)c(F)c([2H])c1C. The molecule has 0 heterocycles. The van der Waals surface area contributed by atoms with Crippen LogP contribution in [0.1, 0.15) is 52.7 Å². The highest BCUT2D eigenvalue weighted by atomic mass is 19.1. The molecule has 0 atom stereocenters. The van der Waals surface area contributed by atoms with E-state index in [1.54, 1.807) is 6.07 Å². The van der Waals surface area contributed by atoms with Crippen molar-refractivity contribution in [2.24, 2.45) is 0 Å². The number of halogens is 2. The maximum atomic E-state index is 17.4. The van der Waals surface area contributed by atoms with Crippen LogP contribution in [0.2, 0.25) is 0 Å². The largest absolute Gasteiger partial charge is 0.331 e. The van der Waals surface area contributed by atoms with E-state index >= 15 is 8.78 Å². The second-order valence-corrected chi connectivity index (χ2v) is 14.5. The first-order valence-electron chi connectivity index (χ1n) is 18.8. The van der Waals surface area contributed by atoms with Crippen LogP contribution in [0, 0.1) is 18.6 Å². The summed E-state index contributed by atoms with van der Waals surface area (Å²) in [6, 6.07) is 43.9. The fourth-order valence-electron chi connectivity index (χ4n) is 8.57. The lowest BCUT2D eigenvalue weighted by Crippen LogP contribution is -2.38. The van der Waals surface area contributed by atoms with Gasteiger partial charge in [0.15, 0.2) is 5.82 Å². The van der Waals surface area contributed by atoms with E-state index in [9.17, 15) is 0 Å². The van der Waals surface area contributed by atoms with Crippen LogP contribution >= 0.6 is 0 Å². The molecule has 2 aliphatic rings. The molecule has 9 rings (SSSR count). The predicted octanol–water partition coefficient (Wildman–Crippen LogP) is 12.9. The molecule has 0 radical (unpaired) electrons. The average Bonchev–Trinajstić information content (AvgIpc) is 3.66. The van der Waals surface area contributed by atoms with Crippen molar-refractivity contribution < 1.29 is 12.9 Å². The minimum absolute atomic E-state index is 0.0593. The molecule has 0 fully saturated rings. The summed E-state index contributed by atoms with van der Waals surface area (Å²) >= 11 is 0. The smallest absolute Gasteiger partial charge is 0.154 e. The van der Waals surface area contributed by atoms with Gasteiger partial charge in [-0.3, -0.25) is 0 Å². The van der Waals surface area contributed by atoms with Crippen LogP contribution in [-0.2, 0) is 5.41 Å². The number of benzene rings is 7. The fraction of sp³-hybridized carbons (Fsp3) is 0.125. The van der Waals surface area contributed by atoms with E-state index in [2.05, 4.69) is 91.0 Å². The molecule has 0 N–H and O–H groups in total. The Labute approximate surface area is 302 Å². The van der Waals surface area contributed by atoms with Gasteiger partial charge in [-0.25, -0.2) is 8.78 Å². The zero-order chi connectivity index (χ0) is 37.7. The minimum atomic E-state index is -0.967. The second kappa shape index (κ2) is 11.4. The normalized spacial score (nSPS) is 14.3. The van der Waals surface area contributed by atoms with Gasteiger partial charge in [-0.05, 0) is 119 Å². The molecule has 0 bridgehead atoms. The van der Waals surface area contributed by atoms with Crippen molar-refractivity contribution in [3.63, 3.8) is 0 Å². The zero-order valence-corrected chi connectivity index (χ0v) is 28.9. The Morgan fingerprint density at radius 2 is 1.10 bits per heavy atom. The summed E-state index contributed by atoms with van der Waals surface area (Å²) in [6.45, 7) is 6.93. The second-order valence-electron chi connectivity index (χ2n) is 14.5. The Morgan fingerprint density at radius 1 is 0.549 bits per heavy atom. The van der Waals surface area contributed by atoms with E-state index in [4.69, 9.17) is 4.11 Å². The van der Waals surface area contributed by atoms with Gasteiger partial charge in [-0.15, -0.1) is 0 Å². The molecule has 0 aromatic heterocycles. The molecule has 0 saturated carbocycles. The number of rotatable bonds is 4. The van der Waals surface area contributed by atoms with Crippen LogP contribution in [0.4, 0.5) is 20.2 Å². The van der Waals surface area contributed by atoms with Gasteiger partial charge in [0.1, 0.15) is 5.82 Å². The van der Waals surface area contributed by atoms with Gasteiger partial charge in [-0.2, -0.15) is 0 Å². The maximum Gasteiger partial charge on any atom is 0.154 e. The highest BCUT2D eigenvalue weighted by Gasteiger charge is 2.52. The van der Waals surface area contributed by atoms with Crippen LogP contribution < -0.4 is 4.90 Å². The van der Waals surface area contributed by atoms with Crippen molar-refractivity contribution in [2.45, 2.75) is 38.6 Å². The standard InChI is InChI=1S/C48H37F2N/c1-30-25-26-43(42(49)27-30)51(47(2,3)4)44-29-32(28-37(46(44)50)31-15-6-5-7-16-31)33-20-14-24-41-45(33)36-19-10-13-23-40(36)48(41)38-21-11-8-17-34(38)35-18-9-12-22-39(35)48/h5-29H,1-4H3/i25D,26D,27D. The van der Waals surface area contributed by atoms with E-state index in [0.717, 1.165) is 27.8 Å². The molecule has 248 valence electrons. The Morgan fingerprint density at radius 3 is 1.75 bits per heavy atom. The Bertz CT molecular complexity index is 2600. The summed E-state index contributed by atoms with van der Waals surface area (Å²) in [5.74, 6) is -1.54. The maximum absolute atomic E-state index is 17.4. The number of fused-ring (bicyclic) bond motifs is 10. The van der Waals surface area contributed by atoms with Crippen LogP contribution in [-0.4, -0.2) is 5.54 Å².